The highest BCUT2D eigenvalue weighted by molar-refractivity contribution is 7.16. The molecule has 0 saturated heterocycles. The largest absolute Gasteiger partial charge is 0.337 e. The summed E-state index contributed by atoms with van der Waals surface area (Å²) in [7, 11) is 0. The van der Waals surface area contributed by atoms with Crippen LogP contribution in [-0.2, 0) is 17.8 Å². The van der Waals surface area contributed by atoms with Gasteiger partial charge in [-0.2, -0.15) is 10.5 Å². The predicted octanol–water partition coefficient (Wildman–Crippen LogP) is 3.15. The zero-order valence-electron chi connectivity index (χ0n) is 13.1. The molecule has 5 nitrogen and oxygen atoms in total. The third-order valence-electron chi connectivity index (χ3n) is 3.97. The third kappa shape index (κ3) is 3.05. The summed E-state index contributed by atoms with van der Waals surface area (Å²) in [5, 5.41) is 19.0. The number of amides is 1. The van der Waals surface area contributed by atoms with Crippen molar-refractivity contribution in [3.63, 3.8) is 0 Å². The molecule has 0 saturated carbocycles. The number of hydrogen-bond donors (Lipinski definition) is 0. The van der Waals surface area contributed by atoms with E-state index in [1.807, 2.05) is 12.1 Å². The topological polar surface area (TPSA) is 80.2 Å². The van der Waals surface area contributed by atoms with Crippen molar-refractivity contribution < 1.29 is 4.79 Å². The average molecular weight is 334 g/mol. The number of aliphatic imine (C=N–C) groups is 1. The highest BCUT2D eigenvalue weighted by Crippen LogP contribution is 2.38. The Labute approximate surface area is 144 Å². The van der Waals surface area contributed by atoms with E-state index in [0.717, 1.165) is 16.0 Å². The second kappa shape index (κ2) is 6.66. The van der Waals surface area contributed by atoms with Gasteiger partial charge in [0.2, 0.25) is 5.91 Å². The number of hydrogen-bond acceptors (Lipinski definition) is 5. The molecule has 6 heteroatoms. The summed E-state index contributed by atoms with van der Waals surface area (Å²) in [6, 6.07) is 11.4. The van der Waals surface area contributed by atoms with E-state index in [1.54, 1.807) is 30.2 Å². The predicted molar refractivity (Wildman–Crippen MR) is 92.2 cm³/mol. The molecule has 1 aromatic heterocycles. The summed E-state index contributed by atoms with van der Waals surface area (Å²) < 4.78 is 0. The summed E-state index contributed by atoms with van der Waals surface area (Å²) in [5.74, 6) is 0.0511. The lowest BCUT2D eigenvalue weighted by Gasteiger charge is -2.25. The van der Waals surface area contributed by atoms with Gasteiger partial charge in [-0.05, 0) is 29.7 Å². The van der Waals surface area contributed by atoms with Crippen LogP contribution in [-0.4, -0.2) is 23.6 Å². The van der Waals surface area contributed by atoms with Crippen LogP contribution >= 0.6 is 11.3 Å². The Morgan fingerprint density at radius 2 is 2.04 bits per heavy atom. The molecule has 0 radical (unpaired) electrons. The molecule has 3 rings (SSSR count). The molecule has 118 valence electrons. The molecular formula is C18H14N4OS. The Kier molecular flexibility index (Phi) is 4.41. The Balaban J connectivity index is 1.89. The smallest absolute Gasteiger partial charge is 0.219 e. The maximum atomic E-state index is 11.5. The van der Waals surface area contributed by atoms with E-state index >= 15 is 0 Å². The van der Waals surface area contributed by atoms with E-state index in [9.17, 15) is 10.1 Å². The standard InChI is InChI=1S/C18H14N4OS/c1-12(23)22-7-6-15-16(9-20)18(24-17(15)11-22)21-10-14-4-2-13(8-19)3-5-14/h2-5,10H,6-7,11H2,1H3. The van der Waals surface area contributed by atoms with Gasteiger partial charge in [-0.25, -0.2) is 4.99 Å². The average Bonchev–Trinajstić information content (AvgIpc) is 2.96. The summed E-state index contributed by atoms with van der Waals surface area (Å²) in [6.07, 6.45) is 2.39. The molecule has 0 fully saturated rings. The number of thiophene rings is 1. The molecule has 0 bridgehead atoms. The number of benzene rings is 1. The van der Waals surface area contributed by atoms with Gasteiger partial charge in [-0.15, -0.1) is 11.3 Å². The number of carbonyl (C=O) groups is 1. The van der Waals surface area contributed by atoms with Crippen LogP contribution in [0.4, 0.5) is 5.00 Å². The van der Waals surface area contributed by atoms with E-state index in [4.69, 9.17) is 5.26 Å². The Bertz CT molecular complexity index is 897. The van der Waals surface area contributed by atoms with Crippen molar-refractivity contribution >= 4 is 28.5 Å². The molecule has 2 aromatic rings. The number of carbonyl (C=O) groups excluding carboxylic acids is 1. The van der Waals surface area contributed by atoms with Crippen molar-refractivity contribution in [1.29, 1.82) is 10.5 Å². The van der Waals surface area contributed by atoms with Gasteiger partial charge in [0.05, 0.1) is 23.7 Å². The van der Waals surface area contributed by atoms with Crippen molar-refractivity contribution in [2.24, 2.45) is 4.99 Å². The molecule has 24 heavy (non-hydrogen) atoms. The molecule has 0 spiro atoms. The van der Waals surface area contributed by atoms with Crippen LogP contribution in [0.1, 0.15) is 34.1 Å². The highest BCUT2D eigenvalue weighted by atomic mass is 32.1. The Morgan fingerprint density at radius 1 is 1.29 bits per heavy atom. The van der Waals surface area contributed by atoms with Crippen LogP contribution in [0, 0.1) is 22.7 Å². The van der Waals surface area contributed by atoms with E-state index in [-0.39, 0.29) is 5.91 Å². The van der Waals surface area contributed by atoms with Crippen LogP contribution in [0.3, 0.4) is 0 Å². The molecule has 2 heterocycles. The van der Waals surface area contributed by atoms with Crippen LogP contribution in [0.25, 0.3) is 0 Å². The fraction of sp³-hybridized carbons (Fsp3) is 0.222. The van der Waals surface area contributed by atoms with Crippen molar-refractivity contribution in [3.05, 3.63) is 51.4 Å². The van der Waals surface area contributed by atoms with Crippen LogP contribution in [0.15, 0.2) is 29.3 Å². The minimum Gasteiger partial charge on any atom is -0.337 e. The summed E-state index contributed by atoms with van der Waals surface area (Å²) in [4.78, 5) is 18.8. The van der Waals surface area contributed by atoms with Gasteiger partial charge in [0.15, 0.2) is 0 Å². The minimum atomic E-state index is 0.0511. The Morgan fingerprint density at radius 3 is 2.67 bits per heavy atom. The zero-order chi connectivity index (χ0) is 17.1. The first-order valence-electron chi connectivity index (χ1n) is 7.46. The summed E-state index contributed by atoms with van der Waals surface area (Å²) >= 11 is 1.47. The molecule has 1 amide bonds. The van der Waals surface area contributed by atoms with Gasteiger partial charge in [0, 0.05) is 24.6 Å². The van der Waals surface area contributed by atoms with Gasteiger partial charge in [0.1, 0.15) is 11.1 Å². The van der Waals surface area contributed by atoms with Gasteiger partial charge in [-0.3, -0.25) is 4.79 Å². The van der Waals surface area contributed by atoms with Crippen molar-refractivity contribution in [1.82, 2.24) is 4.90 Å². The lowest BCUT2D eigenvalue weighted by atomic mass is 10.0. The quantitative estimate of drug-likeness (QED) is 0.791. The maximum absolute atomic E-state index is 11.5. The number of nitrogens with zero attached hydrogens (tertiary/aromatic N) is 4. The lowest BCUT2D eigenvalue weighted by molar-refractivity contribution is -0.129. The molecule has 0 atom stereocenters. The highest BCUT2D eigenvalue weighted by Gasteiger charge is 2.25. The van der Waals surface area contributed by atoms with E-state index in [0.29, 0.717) is 35.6 Å². The molecule has 0 N–H and O–H groups in total. The second-order valence-electron chi connectivity index (χ2n) is 5.48. The molecule has 1 aliphatic heterocycles. The van der Waals surface area contributed by atoms with Crippen molar-refractivity contribution in [2.75, 3.05) is 6.54 Å². The Hall–Kier alpha value is -2.96. The van der Waals surface area contributed by atoms with E-state index < -0.39 is 0 Å². The zero-order valence-corrected chi connectivity index (χ0v) is 13.9. The fourth-order valence-corrected chi connectivity index (χ4v) is 3.80. The molecule has 1 aliphatic rings. The van der Waals surface area contributed by atoms with E-state index in [2.05, 4.69) is 17.1 Å². The third-order valence-corrected chi connectivity index (χ3v) is 5.09. The van der Waals surface area contributed by atoms with Crippen LogP contribution in [0.5, 0.6) is 0 Å². The number of fused-ring (bicyclic) bond motifs is 1. The van der Waals surface area contributed by atoms with Gasteiger partial charge < -0.3 is 4.90 Å². The first-order valence-corrected chi connectivity index (χ1v) is 8.28. The van der Waals surface area contributed by atoms with Crippen LogP contribution < -0.4 is 0 Å². The van der Waals surface area contributed by atoms with Crippen molar-refractivity contribution in [3.8, 4) is 12.1 Å². The molecule has 0 unspecified atom stereocenters. The maximum Gasteiger partial charge on any atom is 0.219 e. The number of rotatable bonds is 2. The second-order valence-corrected chi connectivity index (χ2v) is 6.56. The summed E-state index contributed by atoms with van der Waals surface area (Å²) in [6.45, 7) is 2.76. The van der Waals surface area contributed by atoms with Crippen LogP contribution in [0.2, 0.25) is 0 Å². The van der Waals surface area contributed by atoms with E-state index in [1.165, 1.54) is 11.3 Å². The molecule has 1 aromatic carbocycles. The lowest BCUT2D eigenvalue weighted by Crippen LogP contribution is -2.33. The SMILES string of the molecule is CC(=O)N1CCc2c(sc(N=Cc3ccc(C#N)cc3)c2C#N)C1. The van der Waals surface area contributed by atoms with Gasteiger partial charge >= 0.3 is 0 Å². The number of nitriles is 2. The normalized spacial score (nSPS) is 13.4. The van der Waals surface area contributed by atoms with Crippen molar-refractivity contribution in [2.45, 2.75) is 19.9 Å². The fourth-order valence-electron chi connectivity index (χ4n) is 2.64. The monoisotopic (exact) mass is 334 g/mol. The van der Waals surface area contributed by atoms with Gasteiger partial charge in [-0.1, -0.05) is 12.1 Å². The first-order chi connectivity index (χ1) is 11.6. The first kappa shape index (κ1) is 15.9. The molecular weight excluding hydrogens is 320 g/mol. The van der Waals surface area contributed by atoms with Gasteiger partial charge in [0.25, 0.3) is 0 Å². The summed E-state index contributed by atoms with van der Waals surface area (Å²) in [5.41, 5.74) is 3.10. The molecule has 0 aliphatic carbocycles. The minimum absolute atomic E-state index is 0.0511.